The van der Waals surface area contributed by atoms with Gasteiger partial charge < -0.3 is 9.47 Å². The summed E-state index contributed by atoms with van der Waals surface area (Å²) in [6, 6.07) is 15.7. The topological polar surface area (TPSA) is 98.8 Å². The second-order valence-corrected chi connectivity index (χ2v) is 6.47. The van der Waals surface area contributed by atoms with Crippen molar-refractivity contribution < 1.29 is 28.7 Å². The van der Waals surface area contributed by atoms with Crippen LogP contribution in [0.2, 0.25) is 0 Å². The number of fused-ring (bicyclic) bond motifs is 1. The maximum atomic E-state index is 11.7. The molecule has 0 fully saturated rings. The molecule has 144 valence electrons. The zero-order valence-electron chi connectivity index (χ0n) is 15.4. The van der Waals surface area contributed by atoms with Crippen molar-refractivity contribution in [1.29, 1.82) is 0 Å². The molecule has 1 N–H and O–H groups in total. The molecule has 0 radical (unpaired) electrons. The highest BCUT2D eigenvalue weighted by Crippen LogP contribution is 2.32. The van der Waals surface area contributed by atoms with Crippen molar-refractivity contribution in [2.45, 2.75) is 6.42 Å². The summed E-state index contributed by atoms with van der Waals surface area (Å²) in [7, 11) is 1.52. The van der Waals surface area contributed by atoms with Gasteiger partial charge in [-0.05, 0) is 35.2 Å². The van der Waals surface area contributed by atoms with Crippen LogP contribution in [0, 0.1) is 0 Å². The number of ether oxygens (including phenoxy) is 2. The molecular formula is C22H15NO6. The van der Waals surface area contributed by atoms with Crippen LogP contribution < -0.4 is 10.1 Å². The molecule has 0 atom stereocenters. The van der Waals surface area contributed by atoms with E-state index in [2.05, 4.69) is 10.1 Å². The van der Waals surface area contributed by atoms with Crippen LogP contribution in [0.5, 0.6) is 5.75 Å². The van der Waals surface area contributed by atoms with E-state index in [0.717, 1.165) is 10.9 Å². The first kappa shape index (κ1) is 18.4. The van der Waals surface area contributed by atoms with Crippen molar-refractivity contribution in [2.24, 2.45) is 0 Å². The number of benzene rings is 3. The van der Waals surface area contributed by atoms with Crippen LogP contribution in [0.1, 0.15) is 36.6 Å². The van der Waals surface area contributed by atoms with Crippen molar-refractivity contribution in [3.05, 3.63) is 76.9 Å². The number of amides is 2. The number of hydrogen-bond donors (Lipinski definition) is 1. The molecule has 2 aliphatic rings. The zero-order valence-corrected chi connectivity index (χ0v) is 15.4. The van der Waals surface area contributed by atoms with Gasteiger partial charge in [-0.25, -0.2) is 9.59 Å². The van der Waals surface area contributed by atoms with Gasteiger partial charge in [0.25, 0.3) is 5.91 Å². The second-order valence-electron chi connectivity index (χ2n) is 6.47. The molecule has 5 rings (SSSR count). The summed E-state index contributed by atoms with van der Waals surface area (Å²) < 4.78 is 9.78. The first-order chi connectivity index (χ1) is 14.0. The molecule has 0 unspecified atom stereocenters. The molecule has 0 bridgehead atoms. The standard InChI is InChI=1S/C13H8O4.C9H7NO2/c1-16-8-5-7-3-2-4-9-11(7)10(6-8)13(15)17-12(9)14;11-8-5-6-3-1-2-4-7(6)9(12)10-8/h2-6H,1H3;1-4H,5H2,(H,10,11,12). The smallest absolute Gasteiger partial charge is 0.346 e. The first-order valence-corrected chi connectivity index (χ1v) is 8.77. The Morgan fingerprint density at radius 1 is 0.862 bits per heavy atom. The van der Waals surface area contributed by atoms with E-state index in [4.69, 9.17) is 4.74 Å². The van der Waals surface area contributed by atoms with Crippen molar-refractivity contribution in [2.75, 3.05) is 7.11 Å². The van der Waals surface area contributed by atoms with Gasteiger partial charge in [0.05, 0.1) is 24.7 Å². The predicted molar refractivity (Wildman–Crippen MR) is 103 cm³/mol. The highest BCUT2D eigenvalue weighted by Gasteiger charge is 2.27. The van der Waals surface area contributed by atoms with Gasteiger partial charge in [-0.2, -0.15) is 0 Å². The number of methoxy groups -OCH3 is 1. The van der Waals surface area contributed by atoms with Gasteiger partial charge in [-0.3, -0.25) is 14.9 Å². The van der Waals surface area contributed by atoms with E-state index in [1.54, 1.807) is 42.5 Å². The lowest BCUT2D eigenvalue weighted by Gasteiger charge is -2.16. The monoisotopic (exact) mass is 389 g/mol. The third-order valence-corrected chi connectivity index (χ3v) is 4.68. The average molecular weight is 389 g/mol. The van der Waals surface area contributed by atoms with E-state index in [0.29, 0.717) is 34.2 Å². The normalized spacial score (nSPS) is 14.4. The van der Waals surface area contributed by atoms with Crippen LogP contribution in [0.3, 0.4) is 0 Å². The summed E-state index contributed by atoms with van der Waals surface area (Å²) in [5.74, 6) is -1.17. The van der Waals surface area contributed by atoms with E-state index < -0.39 is 11.9 Å². The Morgan fingerprint density at radius 3 is 2.38 bits per heavy atom. The Labute approximate surface area is 165 Å². The summed E-state index contributed by atoms with van der Waals surface area (Å²) in [6.45, 7) is 0. The first-order valence-electron chi connectivity index (χ1n) is 8.77. The SMILES string of the molecule is COc1cc2c3c(cccc3c1)C(=O)OC2=O.O=C1Cc2ccccc2C(=O)N1. The third-order valence-electron chi connectivity index (χ3n) is 4.68. The molecule has 0 saturated heterocycles. The lowest BCUT2D eigenvalue weighted by atomic mass is 9.97. The van der Waals surface area contributed by atoms with E-state index in [1.807, 2.05) is 12.1 Å². The predicted octanol–water partition coefficient (Wildman–Crippen LogP) is 2.66. The van der Waals surface area contributed by atoms with Gasteiger partial charge in [-0.15, -0.1) is 0 Å². The number of esters is 2. The molecule has 0 aromatic heterocycles. The minimum absolute atomic E-state index is 0.223. The largest absolute Gasteiger partial charge is 0.497 e. The minimum Gasteiger partial charge on any atom is -0.497 e. The Kier molecular flexibility index (Phi) is 4.56. The molecule has 3 aromatic carbocycles. The summed E-state index contributed by atoms with van der Waals surface area (Å²) in [4.78, 5) is 45.3. The summed E-state index contributed by atoms with van der Waals surface area (Å²) in [6.07, 6.45) is 0.307. The number of carbonyl (C=O) groups is 4. The molecular weight excluding hydrogens is 374 g/mol. The summed E-state index contributed by atoms with van der Waals surface area (Å²) in [5, 5.41) is 3.68. The van der Waals surface area contributed by atoms with Gasteiger partial charge in [0, 0.05) is 10.9 Å². The van der Waals surface area contributed by atoms with Crippen molar-refractivity contribution >= 4 is 34.5 Å². The van der Waals surface area contributed by atoms with Crippen molar-refractivity contribution in [1.82, 2.24) is 5.32 Å². The van der Waals surface area contributed by atoms with Gasteiger partial charge in [0.2, 0.25) is 5.91 Å². The van der Waals surface area contributed by atoms with E-state index in [1.165, 1.54) is 7.11 Å². The molecule has 0 saturated carbocycles. The fourth-order valence-corrected chi connectivity index (χ4v) is 3.35. The van der Waals surface area contributed by atoms with E-state index in [-0.39, 0.29) is 11.8 Å². The fraction of sp³-hybridized carbons (Fsp3) is 0.0909. The molecule has 29 heavy (non-hydrogen) atoms. The van der Waals surface area contributed by atoms with Crippen molar-refractivity contribution in [3.63, 3.8) is 0 Å². The van der Waals surface area contributed by atoms with Crippen LogP contribution in [0.4, 0.5) is 0 Å². The second kappa shape index (κ2) is 7.20. The number of carbonyl (C=O) groups excluding carboxylic acids is 4. The van der Waals surface area contributed by atoms with Crippen LogP contribution in [0.25, 0.3) is 10.8 Å². The van der Waals surface area contributed by atoms with Gasteiger partial charge >= 0.3 is 11.9 Å². The van der Waals surface area contributed by atoms with E-state index >= 15 is 0 Å². The van der Waals surface area contributed by atoms with Gasteiger partial charge in [-0.1, -0.05) is 30.3 Å². The Balaban J connectivity index is 0.000000150. The summed E-state index contributed by atoms with van der Waals surface area (Å²) in [5.41, 5.74) is 2.21. The van der Waals surface area contributed by atoms with E-state index in [9.17, 15) is 19.2 Å². The number of nitrogens with one attached hydrogen (secondary N) is 1. The summed E-state index contributed by atoms with van der Waals surface area (Å²) >= 11 is 0. The maximum Gasteiger partial charge on any atom is 0.346 e. The average Bonchev–Trinajstić information content (AvgIpc) is 2.72. The Bertz CT molecular complexity index is 1200. The fourth-order valence-electron chi connectivity index (χ4n) is 3.35. The van der Waals surface area contributed by atoms with Crippen LogP contribution in [-0.4, -0.2) is 30.9 Å². The van der Waals surface area contributed by atoms with Crippen molar-refractivity contribution in [3.8, 4) is 5.75 Å². The number of cyclic esters (lactones) is 2. The van der Waals surface area contributed by atoms with Crippen LogP contribution >= 0.6 is 0 Å². The molecule has 3 aromatic rings. The van der Waals surface area contributed by atoms with Crippen LogP contribution in [0.15, 0.2) is 54.6 Å². The molecule has 2 aliphatic heterocycles. The maximum absolute atomic E-state index is 11.7. The Morgan fingerprint density at radius 2 is 1.59 bits per heavy atom. The number of rotatable bonds is 1. The zero-order chi connectivity index (χ0) is 20.5. The lowest BCUT2D eigenvalue weighted by molar-refractivity contribution is -0.119. The lowest BCUT2D eigenvalue weighted by Crippen LogP contribution is -2.37. The van der Waals surface area contributed by atoms with Gasteiger partial charge in [0.1, 0.15) is 5.75 Å². The quantitative estimate of drug-likeness (QED) is 0.390. The molecule has 0 spiro atoms. The molecule has 2 amide bonds. The number of imide groups is 1. The molecule has 7 heteroatoms. The molecule has 2 heterocycles. The minimum atomic E-state index is -0.627. The number of hydrogen-bond acceptors (Lipinski definition) is 6. The van der Waals surface area contributed by atoms with Crippen LogP contribution in [-0.2, 0) is 16.0 Å². The Hall–Kier alpha value is -4.00. The third kappa shape index (κ3) is 3.34. The highest BCUT2D eigenvalue weighted by molar-refractivity contribution is 6.21. The molecule has 7 nitrogen and oxygen atoms in total. The van der Waals surface area contributed by atoms with Gasteiger partial charge in [0.15, 0.2) is 0 Å². The molecule has 0 aliphatic carbocycles. The highest BCUT2D eigenvalue weighted by atomic mass is 16.6.